The molecule has 0 N–H and O–H groups in total. The summed E-state index contributed by atoms with van der Waals surface area (Å²) in [5.41, 5.74) is 0. The van der Waals surface area contributed by atoms with Crippen LogP contribution in [0.5, 0.6) is 0 Å². The lowest BCUT2D eigenvalue weighted by Crippen LogP contribution is -2.12. The van der Waals surface area contributed by atoms with Crippen molar-refractivity contribution in [3.8, 4) is 0 Å². The Morgan fingerprint density at radius 2 is 2.43 bits per heavy atom. The van der Waals surface area contributed by atoms with Crippen molar-refractivity contribution in [2.45, 2.75) is 6.92 Å². The van der Waals surface area contributed by atoms with Gasteiger partial charge in [-0.15, -0.1) is 0 Å². The topological polar surface area (TPSA) is 3.24 Å². The third kappa shape index (κ3) is 1.16. The summed E-state index contributed by atoms with van der Waals surface area (Å²) in [6.45, 7) is 4.69. The van der Waals surface area contributed by atoms with Crippen molar-refractivity contribution in [3.63, 3.8) is 0 Å². The average molecular weight is 98.2 g/mol. The number of hydrogen-bond acceptors (Lipinski definition) is 1. The smallest absolute Gasteiger partial charge is 0.00130 e. The normalized spacial score (nSPS) is 34.3. The molecule has 1 heterocycles. The van der Waals surface area contributed by atoms with E-state index in [1.54, 1.807) is 0 Å². The lowest BCUT2D eigenvalue weighted by atomic mass is 10.2. The van der Waals surface area contributed by atoms with E-state index in [2.05, 4.69) is 25.3 Å². The molecule has 0 spiro atoms. The van der Waals surface area contributed by atoms with E-state index < -0.39 is 0 Å². The molecule has 1 heteroatoms. The van der Waals surface area contributed by atoms with Crippen molar-refractivity contribution in [1.82, 2.24) is 4.90 Å². The molecule has 0 aromatic heterocycles. The Hall–Kier alpha value is -0.0400. The summed E-state index contributed by atoms with van der Waals surface area (Å²) in [5.74, 6) is 0.824. The van der Waals surface area contributed by atoms with Gasteiger partial charge in [-0.05, 0) is 19.4 Å². The molecule has 0 amide bonds. The van der Waals surface area contributed by atoms with E-state index in [-0.39, 0.29) is 0 Å². The number of likely N-dealkylation sites (tertiary alicyclic amines) is 1. The molecule has 0 unspecified atom stereocenters. The minimum absolute atomic E-state index is 0.824. The fourth-order valence-electron chi connectivity index (χ4n) is 1.00. The molecule has 41 valence electrons. The van der Waals surface area contributed by atoms with Gasteiger partial charge in [0.05, 0.1) is 0 Å². The number of nitrogens with zero attached hydrogens (tertiary/aromatic N) is 1. The van der Waals surface area contributed by atoms with E-state index in [0.717, 1.165) is 5.92 Å². The second-order valence-corrected chi connectivity index (χ2v) is 2.43. The second-order valence-electron chi connectivity index (χ2n) is 2.43. The Kier molecular flexibility index (Phi) is 1.33. The third-order valence-electron chi connectivity index (χ3n) is 1.42. The first-order valence-corrected chi connectivity index (χ1v) is 2.81. The molecule has 1 saturated heterocycles. The van der Waals surface area contributed by atoms with Gasteiger partial charge in [0.25, 0.3) is 0 Å². The van der Waals surface area contributed by atoms with Crippen LogP contribution in [-0.4, -0.2) is 25.0 Å². The summed E-state index contributed by atoms with van der Waals surface area (Å²) in [6, 6.07) is 0. The zero-order valence-corrected chi connectivity index (χ0v) is 5.02. The van der Waals surface area contributed by atoms with Crippen LogP contribution in [0.4, 0.5) is 0 Å². The SMILES string of the molecule is C[C@@H]1[CH]CN(C)C1. The molecule has 0 saturated carbocycles. The van der Waals surface area contributed by atoms with Gasteiger partial charge >= 0.3 is 0 Å². The highest BCUT2D eigenvalue weighted by molar-refractivity contribution is 4.84. The highest BCUT2D eigenvalue weighted by Crippen LogP contribution is 2.10. The number of rotatable bonds is 0. The van der Waals surface area contributed by atoms with E-state index in [9.17, 15) is 0 Å². The van der Waals surface area contributed by atoms with Gasteiger partial charge in [0.2, 0.25) is 0 Å². The van der Waals surface area contributed by atoms with Gasteiger partial charge < -0.3 is 4.90 Å². The molecule has 1 aliphatic rings. The van der Waals surface area contributed by atoms with Gasteiger partial charge in [-0.3, -0.25) is 0 Å². The molecule has 0 aliphatic carbocycles. The van der Waals surface area contributed by atoms with Crippen LogP contribution in [0, 0.1) is 12.3 Å². The Bertz CT molecular complexity index is 53.2. The van der Waals surface area contributed by atoms with Crippen LogP contribution in [0.1, 0.15) is 6.92 Å². The largest absolute Gasteiger partial charge is 0.306 e. The van der Waals surface area contributed by atoms with Gasteiger partial charge in [-0.1, -0.05) is 6.92 Å². The Labute approximate surface area is 45.3 Å². The molecular weight excluding hydrogens is 86.1 g/mol. The molecule has 7 heavy (non-hydrogen) atoms. The van der Waals surface area contributed by atoms with Gasteiger partial charge in [-0.25, -0.2) is 0 Å². The van der Waals surface area contributed by atoms with Crippen LogP contribution in [0.2, 0.25) is 0 Å². The van der Waals surface area contributed by atoms with Gasteiger partial charge in [0, 0.05) is 13.1 Å². The fraction of sp³-hybridized carbons (Fsp3) is 0.833. The van der Waals surface area contributed by atoms with E-state index in [1.807, 2.05) is 0 Å². The van der Waals surface area contributed by atoms with Gasteiger partial charge in [-0.2, -0.15) is 0 Å². The molecule has 0 bridgehead atoms. The summed E-state index contributed by atoms with van der Waals surface area (Å²) < 4.78 is 0. The molecule has 1 rings (SSSR count). The standard InChI is InChI=1S/C6H12N/c1-6-3-4-7(2)5-6/h3,6H,4-5H2,1-2H3/t6-/m1/s1. The molecule has 0 aromatic carbocycles. The maximum absolute atomic E-state index is 2.35. The quantitative estimate of drug-likeness (QED) is 0.432. The maximum atomic E-state index is 2.35. The first-order chi connectivity index (χ1) is 3.29. The lowest BCUT2D eigenvalue weighted by molar-refractivity contribution is 0.402. The van der Waals surface area contributed by atoms with E-state index in [1.165, 1.54) is 13.1 Å². The summed E-state index contributed by atoms with van der Waals surface area (Å²) in [6.07, 6.45) is 2.35. The summed E-state index contributed by atoms with van der Waals surface area (Å²) in [4.78, 5) is 2.32. The van der Waals surface area contributed by atoms with Gasteiger partial charge in [0.15, 0.2) is 0 Å². The molecule has 0 aromatic rings. The van der Waals surface area contributed by atoms with E-state index in [0.29, 0.717) is 0 Å². The maximum Gasteiger partial charge on any atom is 0.00130 e. The fourth-order valence-corrected chi connectivity index (χ4v) is 1.00. The highest BCUT2D eigenvalue weighted by Gasteiger charge is 2.13. The van der Waals surface area contributed by atoms with E-state index in [4.69, 9.17) is 0 Å². The Balaban J connectivity index is 2.26. The Morgan fingerprint density at radius 1 is 1.71 bits per heavy atom. The lowest BCUT2D eigenvalue weighted by Gasteiger charge is -2.03. The van der Waals surface area contributed by atoms with Crippen LogP contribution in [-0.2, 0) is 0 Å². The zero-order chi connectivity index (χ0) is 5.28. The minimum Gasteiger partial charge on any atom is -0.306 e. The number of hydrogen-bond donors (Lipinski definition) is 0. The summed E-state index contributed by atoms with van der Waals surface area (Å²) in [7, 11) is 2.15. The van der Waals surface area contributed by atoms with Crippen LogP contribution in [0.3, 0.4) is 0 Å². The first kappa shape index (κ1) is 5.10. The molecule has 1 nitrogen and oxygen atoms in total. The van der Waals surface area contributed by atoms with Crippen molar-refractivity contribution >= 4 is 0 Å². The molecule has 1 atom stereocenters. The summed E-state index contributed by atoms with van der Waals surface area (Å²) in [5, 5.41) is 0. The Morgan fingerprint density at radius 3 is 2.57 bits per heavy atom. The minimum atomic E-state index is 0.824. The van der Waals surface area contributed by atoms with Crippen molar-refractivity contribution in [2.75, 3.05) is 20.1 Å². The van der Waals surface area contributed by atoms with Crippen LogP contribution < -0.4 is 0 Å². The third-order valence-corrected chi connectivity index (χ3v) is 1.42. The first-order valence-electron chi connectivity index (χ1n) is 2.81. The molecule has 1 radical (unpaired) electrons. The van der Waals surface area contributed by atoms with Crippen molar-refractivity contribution in [3.05, 3.63) is 6.42 Å². The molecular formula is C6H12N. The second kappa shape index (κ2) is 1.83. The monoisotopic (exact) mass is 98.1 g/mol. The van der Waals surface area contributed by atoms with Crippen LogP contribution >= 0.6 is 0 Å². The molecule has 1 fully saturated rings. The predicted molar refractivity (Wildman–Crippen MR) is 31.0 cm³/mol. The zero-order valence-electron chi connectivity index (χ0n) is 5.02. The van der Waals surface area contributed by atoms with Crippen LogP contribution in [0.25, 0.3) is 0 Å². The van der Waals surface area contributed by atoms with Crippen molar-refractivity contribution < 1.29 is 0 Å². The van der Waals surface area contributed by atoms with Crippen molar-refractivity contribution in [2.24, 2.45) is 5.92 Å². The van der Waals surface area contributed by atoms with Gasteiger partial charge in [0.1, 0.15) is 0 Å². The average Bonchev–Trinajstić information content (AvgIpc) is 1.87. The highest BCUT2D eigenvalue weighted by atomic mass is 15.1. The predicted octanol–water partition coefficient (Wildman–Crippen LogP) is 0.772. The van der Waals surface area contributed by atoms with Crippen molar-refractivity contribution in [1.29, 1.82) is 0 Å². The van der Waals surface area contributed by atoms with E-state index >= 15 is 0 Å². The summed E-state index contributed by atoms with van der Waals surface area (Å²) >= 11 is 0. The van der Waals surface area contributed by atoms with Crippen LogP contribution in [0.15, 0.2) is 0 Å². The molecule has 1 aliphatic heterocycles.